The van der Waals surface area contributed by atoms with Crippen molar-refractivity contribution >= 4 is 40.0 Å². The van der Waals surface area contributed by atoms with Crippen molar-refractivity contribution in [2.75, 3.05) is 11.4 Å². The molecule has 0 saturated carbocycles. The van der Waals surface area contributed by atoms with Crippen LogP contribution in [0, 0.1) is 3.57 Å². The number of benzene rings is 1. The molecule has 0 bridgehead atoms. The van der Waals surface area contributed by atoms with Crippen molar-refractivity contribution in [2.24, 2.45) is 0 Å². The zero-order valence-corrected chi connectivity index (χ0v) is 9.74. The Labute approximate surface area is 95.2 Å². The van der Waals surface area contributed by atoms with Crippen molar-refractivity contribution < 1.29 is 9.59 Å². The van der Waals surface area contributed by atoms with Gasteiger partial charge in [0.05, 0.1) is 11.3 Å². The van der Waals surface area contributed by atoms with Gasteiger partial charge in [-0.05, 0) is 47.7 Å². The monoisotopic (exact) mass is 301 g/mol. The van der Waals surface area contributed by atoms with Crippen molar-refractivity contribution in [3.05, 3.63) is 27.3 Å². The summed E-state index contributed by atoms with van der Waals surface area (Å²) in [7, 11) is 0. The highest BCUT2D eigenvalue weighted by molar-refractivity contribution is 14.1. The molecule has 0 atom stereocenters. The lowest BCUT2D eigenvalue weighted by atomic mass is 10.1. The van der Waals surface area contributed by atoms with Gasteiger partial charge in [0.25, 0.3) is 11.7 Å². The van der Waals surface area contributed by atoms with Gasteiger partial charge in [-0.3, -0.25) is 9.59 Å². The molecule has 1 heterocycles. The Kier molecular flexibility index (Phi) is 2.30. The fourth-order valence-electron chi connectivity index (χ4n) is 1.59. The van der Waals surface area contributed by atoms with Gasteiger partial charge in [0, 0.05) is 10.1 Å². The zero-order valence-electron chi connectivity index (χ0n) is 7.58. The molecule has 1 amide bonds. The Bertz CT molecular complexity index is 428. The average molecular weight is 301 g/mol. The van der Waals surface area contributed by atoms with Gasteiger partial charge in [0.1, 0.15) is 0 Å². The molecule has 0 fully saturated rings. The number of amides is 1. The van der Waals surface area contributed by atoms with E-state index in [0.29, 0.717) is 12.1 Å². The highest BCUT2D eigenvalue weighted by atomic mass is 127. The van der Waals surface area contributed by atoms with E-state index in [1.807, 2.05) is 19.1 Å². The average Bonchev–Trinajstić information content (AvgIpc) is 2.41. The van der Waals surface area contributed by atoms with Gasteiger partial charge in [0.15, 0.2) is 0 Å². The van der Waals surface area contributed by atoms with Gasteiger partial charge in [-0.15, -0.1) is 0 Å². The van der Waals surface area contributed by atoms with Crippen molar-refractivity contribution in [1.82, 2.24) is 0 Å². The van der Waals surface area contributed by atoms with Crippen LogP contribution in [0.1, 0.15) is 17.3 Å². The molecule has 3 nitrogen and oxygen atoms in total. The SMILES string of the molecule is CCN1C(=O)C(=O)c2cc(I)ccc21. The molecular formula is C10H8INO2. The number of likely N-dealkylation sites (N-methyl/N-ethyl adjacent to an activating group) is 1. The van der Waals surface area contributed by atoms with E-state index in [-0.39, 0.29) is 5.78 Å². The summed E-state index contributed by atoms with van der Waals surface area (Å²) in [6.07, 6.45) is 0. The molecule has 1 aliphatic heterocycles. The third kappa shape index (κ3) is 1.25. The Morgan fingerprint density at radius 3 is 2.71 bits per heavy atom. The number of anilines is 1. The van der Waals surface area contributed by atoms with Crippen molar-refractivity contribution in [1.29, 1.82) is 0 Å². The van der Waals surface area contributed by atoms with Gasteiger partial charge in [-0.2, -0.15) is 0 Å². The molecule has 1 aromatic carbocycles. The van der Waals surface area contributed by atoms with E-state index in [4.69, 9.17) is 0 Å². The van der Waals surface area contributed by atoms with E-state index >= 15 is 0 Å². The van der Waals surface area contributed by atoms with E-state index < -0.39 is 5.91 Å². The lowest BCUT2D eigenvalue weighted by molar-refractivity contribution is -0.114. The second kappa shape index (κ2) is 3.34. The molecule has 72 valence electrons. The molecule has 0 aliphatic carbocycles. The van der Waals surface area contributed by atoms with Crippen LogP contribution in [0.5, 0.6) is 0 Å². The first-order chi connectivity index (χ1) is 6.65. The first kappa shape index (κ1) is 9.64. The van der Waals surface area contributed by atoms with Crippen molar-refractivity contribution in [3.8, 4) is 0 Å². The standard InChI is InChI=1S/C10H8INO2/c1-2-12-8-4-3-6(11)5-7(8)9(13)10(12)14/h3-5H,2H2,1H3. The van der Waals surface area contributed by atoms with Gasteiger partial charge < -0.3 is 4.90 Å². The predicted molar refractivity (Wildman–Crippen MR) is 61.5 cm³/mol. The van der Waals surface area contributed by atoms with Crippen LogP contribution in [-0.2, 0) is 4.79 Å². The quantitative estimate of drug-likeness (QED) is 0.586. The minimum atomic E-state index is -0.412. The molecule has 1 aromatic rings. The van der Waals surface area contributed by atoms with Crippen LogP contribution in [0.3, 0.4) is 0 Å². The molecule has 0 N–H and O–H groups in total. The first-order valence-electron chi connectivity index (χ1n) is 4.31. The predicted octanol–water partition coefficient (Wildman–Crippen LogP) is 1.84. The summed E-state index contributed by atoms with van der Waals surface area (Å²) in [4.78, 5) is 24.5. The van der Waals surface area contributed by atoms with E-state index in [1.54, 1.807) is 6.07 Å². The Morgan fingerprint density at radius 2 is 2.07 bits per heavy atom. The van der Waals surface area contributed by atoms with Crippen LogP contribution >= 0.6 is 22.6 Å². The number of carbonyl (C=O) groups excluding carboxylic acids is 2. The van der Waals surface area contributed by atoms with Gasteiger partial charge in [0.2, 0.25) is 0 Å². The van der Waals surface area contributed by atoms with E-state index in [9.17, 15) is 9.59 Å². The van der Waals surface area contributed by atoms with Crippen LogP contribution < -0.4 is 4.90 Å². The molecule has 0 aromatic heterocycles. The van der Waals surface area contributed by atoms with Gasteiger partial charge in [-0.25, -0.2) is 0 Å². The largest absolute Gasteiger partial charge is 0.305 e. The fourth-order valence-corrected chi connectivity index (χ4v) is 2.08. The summed E-state index contributed by atoms with van der Waals surface area (Å²) in [5.74, 6) is -0.801. The number of halogens is 1. The van der Waals surface area contributed by atoms with Crippen LogP contribution in [0.25, 0.3) is 0 Å². The van der Waals surface area contributed by atoms with Crippen molar-refractivity contribution in [3.63, 3.8) is 0 Å². The smallest absolute Gasteiger partial charge is 0.299 e. The summed E-state index contributed by atoms with van der Waals surface area (Å²) >= 11 is 2.13. The number of ketones is 1. The molecule has 2 rings (SSSR count). The maximum absolute atomic E-state index is 11.5. The number of hydrogen-bond acceptors (Lipinski definition) is 2. The third-order valence-corrected chi connectivity index (χ3v) is 2.92. The summed E-state index contributed by atoms with van der Waals surface area (Å²) in [6.45, 7) is 2.40. The normalized spacial score (nSPS) is 14.9. The molecule has 0 spiro atoms. The number of rotatable bonds is 1. The van der Waals surface area contributed by atoms with E-state index in [1.165, 1.54) is 4.90 Å². The molecule has 0 saturated heterocycles. The Balaban J connectivity index is 2.61. The molecule has 0 unspecified atom stereocenters. The topological polar surface area (TPSA) is 37.4 Å². The van der Waals surface area contributed by atoms with Crippen LogP contribution in [0.2, 0.25) is 0 Å². The third-order valence-electron chi connectivity index (χ3n) is 2.25. The van der Waals surface area contributed by atoms with Gasteiger partial charge >= 0.3 is 0 Å². The van der Waals surface area contributed by atoms with Crippen LogP contribution in [0.4, 0.5) is 5.69 Å². The minimum absolute atomic E-state index is 0.389. The zero-order chi connectivity index (χ0) is 10.3. The number of nitrogens with zero attached hydrogens (tertiary/aromatic N) is 1. The number of Topliss-reactive ketones (excluding diaryl/α,β-unsaturated/α-hetero) is 1. The molecule has 1 aliphatic rings. The summed E-state index contributed by atoms with van der Waals surface area (Å²) in [5, 5.41) is 0. The summed E-state index contributed by atoms with van der Waals surface area (Å²) < 4.78 is 0.973. The highest BCUT2D eigenvalue weighted by Gasteiger charge is 2.34. The summed E-state index contributed by atoms with van der Waals surface area (Å²) in [5.41, 5.74) is 1.27. The molecular weight excluding hydrogens is 293 g/mol. The second-order valence-corrected chi connectivity index (χ2v) is 4.29. The lowest BCUT2D eigenvalue weighted by Gasteiger charge is -2.12. The summed E-state index contributed by atoms with van der Waals surface area (Å²) in [6, 6.07) is 5.48. The highest BCUT2D eigenvalue weighted by Crippen LogP contribution is 2.29. The Hall–Kier alpha value is -0.910. The van der Waals surface area contributed by atoms with E-state index in [0.717, 1.165) is 9.26 Å². The van der Waals surface area contributed by atoms with Crippen molar-refractivity contribution in [2.45, 2.75) is 6.92 Å². The van der Waals surface area contributed by atoms with Crippen LogP contribution in [-0.4, -0.2) is 18.2 Å². The van der Waals surface area contributed by atoms with Crippen LogP contribution in [0.15, 0.2) is 18.2 Å². The molecule has 14 heavy (non-hydrogen) atoms. The molecule has 0 radical (unpaired) electrons. The van der Waals surface area contributed by atoms with E-state index in [2.05, 4.69) is 22.6 Å². The number of hydrogen-bond donors (Lipinski definition) is 0. The lowest BCUT2D eigenvalue weighted by Crippen LogP contribution is -2.29. The maximum atomic E-state index is 11.5. The van der Waals surface area contributed by atoms with Gasteiger partial charge in [-0.1, -0.05) is 0 Å². The molecule has 4 heteroatoms. The second-order valence-electron chi connectivity index (χ2n) is 3.04. The number of carbonyl (C=O) groups is 2. The Morgan fingerprint density at radius 1 is 1.36 bits per heavy atom. The number of fused-ring (bicyclic) bond motifs is 1. The first-order valence-corrected chi connectivity index (χ1v) is 5.38. The fraction of sp³-hybridized carbons (Fsp3) is 0.200. The minimum Gasteiger partial charge on any atom is -0.305 e. The maximum Gasteiger partial charge on any atom is 0.299 e.